The number of benzene rings is 1. The fourth-order valence-corrected chi connectivity index (χ4v) is 3.37. The fraction of sp³-hybridized carbons (Fsp3) is 0.421. The number of hydrogen-bond donors (Lipinski definition) is 1. The first-order chi connectivity index (χ1) is 12.0. The number of carbonyl (C=O) groups is 1. The van der Waals surface area contributed by atoms with Gasteiger partial charge in [-0.1, -0.05) is 6.07 Å². The first kappa shape index (κ1) is 17.2. The van der Waals surface area contributed by atoms with E-state index < -0.39 is 5.54 Å². The molecule has 3 rings (SSSR count). The lowest BCUT2D eigenvalue weighted by molar-refractivity contribution is 0.0603. The lowest BCUT2D eigenvalue weighted by atomic mass is 9.96. The molecule has 0 saturated carbocycles. The van der Waals surface area contributed by atoms with Gasteiger partial charge in [0.25, 0.3) is 5.91 Å². The lowest BCUT2D eigenvalue weighted by Gasteiger charge is -2.34. The van der Waals surface area contributed by atoms with E-state index in [2.05, 4.69) is 15.3 Å². The second kappa shape index (κ2) is 6.70. The Labute approximate surface area is 148 Å². The highest BCUT2D eigenvalue weighted by Gasteiger charge is 2.43. The molecule has 25 heavy (non-hydrogen) atoms. The first-order valence-electron chi connectivity index (χ1n) is 8.48. The number of nitrogens with one attached hydrogen (secondary N) is 1. The molecular weight excluding hydrogens is 316 g/mol. The van der Waals surface area contributed by atoms with Crippen molar-refractivity contribution >= 4 is 11.7 Å². The number of carbonyl (C=O) groups excluding carboxylic acids is 1. The van der Waals surface area contributed by atoms with Crippen LogP contribution in [0.15, 0.2) is 30.3 Å². The SMILES string of the molecule is CNc1cc(C)nc([C@]2(C)CCCN2C(=O)c2cccc(OC)c2)n1. The van der Waals surface area contributed by atoms with Crippen LogP contribution in [-0.4, -0.2) is 41.5 Å². The average molecular weight is 340 g/mol. The second-order valence-electron chi connectivity index (χ2n) is 6.53. The summed E-state index contributed by atoms with van der Waals surface area (Å²) < 4.78 is 5.25. The Morgan fingerprint density at radius 3 is 2.84 bits per heavy atom. The van der Waals surface area contributed by atoms with Crippen LogP contribution in [0.25, 0.3) is 0 Å². The number of methoxy groups -OCH3 is 1. The van der Waals surface area contributed by atoms with Crippen molar-refractivity contribution in [1.82, 2.24) is 14.9 Å². The summed E-state index contributed by atoms with van der Waals surface area (Å²) in [5, 5.41) is 3.07. The molecule has 6 nitrogen and oxygen atoms in total. The number of nitrogens with zero attached hydrogens (tertiary/aromatic N) is 3. The second-order valence-corrected chi connectivity index (χ2v) is 6.53. The molecule has 0 radical (unpaired) electrons. The summed E-state index contributed by atoms with van der Waals surface area (Å²) in [7, 11) is 3.44. The summed E-state index contributed by atoms with van der Waals surface area (Å²) in [6, 6.07) is 9.16. The smallest absolute Gasteiger partial charge is 0.254 e. The zero-order valence-electron chi connectivity index (χ0n) is 15.2. The van der Waals surface area contributed by atoms with Gasteiger partial charge in [-0.25, -0.2) is 9.97 Å². The van der Waals surface area contributed by atoms with Crippen LogP contribution < -0.4 is 10.1 Å². The molecule has 0 bridgehead atoms. The average Bonchev–Trinajstić information content (AvgIpc) is 3.03. The Balaban J connectivity index is 1.98. The number of ether oxygens (including phenoxy) is 1. The number of aryl methyl sites for hydroxylation is 1. The van der Waals surface area contributed by atoms with Crippen molar-refractivity contribution in [2.24, 2.45) is 0 Å². The molecule has 6 heteroatoms. The maximum atomic E-state index is 13.1. The Kier molecular flexibility index (Phi) is 4.61. The molecule has 1 aliphatic heterocycles. The third kappa shape index (κ3) is 3.16. The molecule has 1 aromatic carbocycles. The molecular formula is C19H24N4O2. The van der Waals surface area contributed by atoms with Crippen LogP contribution in [0.1, 0.15) is 41.6 Å². The monoisotopic (exact) mass is 340 g/mol. The number of rotatable bonds is 4. The Bertz CT molecular complexity index is 793. The number of likely N-dealkylation sites (tertiary alicyclic amines) is 1. The Hall–Kier alpha value is -2.63. The molecule has 1 amide bonds. The van der Waals surface area contributed by atoms with E-state index in [-0.39, 0.29) is 5.91 Å². The highest BCUT2D eigenvalue weighted by atomic mass is 16.5. The summed E-state index contributed by atoms with van der Waals surface area (Å²) in [6.07, 6.45) is 1.77. The molecule has 1 fully saturated rings. The predicted molar refractivity (Wildman–Crippen MR) is 96.9 cm³/mol. The van der Waals surface area contributed by atoms with Gasteiger partial charge in [0.15, 0.2) is 5.82 Å². The van der Waals surface area contributed by atoms with E-state index in [9.17, 15) is 4.79 Å². The van der Waals surface area contributed by atoms with E-state index in [4.69, 9.17) is 4.74 Å². The molecule has 0 unspecified atom stereocenters. The highest BCUT2D eigenvalue weighted by molar-refractivity contribution is 5.95. The zero-order chi connectivity index (χ0) is 18.0. The van der Waals surface area contributed by atoms with E-state index >= 15 is 0 Å². The summed E-state index contributed by atoms with van der Waals surface area (Å²) >= 11 is 0. The van der Waals surface area contributed by atoms with Crippen molar-refractivity contribution in [3.63, 3.8) is 0 Å². The molecule has 1 N–H and O–H groups in total. The van der Waals surface area contributed by atoms with Gasteiger partial charge < -0.3 is 15.0 Å². The van der Waals surface area contributed by atoms with Crippen LogP contribution in [0, 0.1) is 6.92 Å². The van der Waals surface area contributed by atoms with Crippen LogP contribution in [0.3, 0.4) is 0 Å². The number of hydrogen-bond acceptors (Lipinski definition) is 5. The number of amides is 1. The van der Waals surface area contributed by atoms with Crippen molar-refractivity contribution in [2.75, 3.05) is 26.0 Å². The lowest BCUT2D eigenvalue weighted by Crippen LogP contribution is -2.44. The van der Waals surface area contributed by atoms with Gasteiger partial charge in [-0.15, -0.1) is 0 Å². The van der Waals surface area contributed by atoms with Gasteiger partial charge in [-0.05, 0) is 44.9 Å². The van der Waals surface area contributed by atoms with Crippen LogP contribution in [0.5, 0.6) is 5.75 Å². The van der Waals surface area contributed by atoms with Crippen LogP contribution in [-0.2, 0) is 5.54 Å². The van der Waals surface area contributed by atoms with E-state index in [0.29, 0.717) is 23.7 Å². The summed E-state index contributed by atoms with van der Waals surface area (Å²) in [6.45, 7) is 4.68. The summed E-state index contributed by atoms with van der Waals surface area (Å²) in [5.74, 6) is 2.11. The van der Waals surface area contributed by atoms with Crippen molar-refractivity contribution < 1.29 is 9.53 Å². The van der Waals surface area contributed by atoms with Crippen molar-refractivity contribution in [1.29, 1.82) is 0 Å². The molecule has 2 aromatic rings. The van der Waals surface area contributed by atoms with Gasteiger partial charge >= 0.3 is 0 Å². The maximum absolute atomic E-state index is 13.1. The molecule has 1 atom stereocenters. The molecule has 0 aliphatic carbocycles. The minimum absolute atomic E-state index is 0.0185. The Morgan fingerprint density at radius 1 is 1.32 bits per heavy atom. The van der Waals surface area contributed by atoms with Crippen molar-refractivity contribution in [2.45, 2.75) is 32.2 Å². The van der Waals surface area contributed by atoms with E-state index in [1.807, 2.05) is 50.1 Å². The van der Waals surface area contributed by atoms with Gasteiger partial charge in [0.05, 0.1) is 7.11 Å². The van der Waals surface area contributed by atoms with E-state index in [1.54, 1.807) is 13.2 Å². The Morgan fingerprint density at radius 2 is 2.12 bits per heavy atom. The molecule has 1 aromatic heterocycles. The topological polar surface area (TPSA) is 67.4 Å². The number of aromatic nitrogens is 2. The molecule has 2 heterocycles. The third-order valence-electron chi connectivity index (χ3n) is 4.79. The van der Waals surface area contributed by atoms with E-state index in [0.717, 1.165) is 24.4 Å². The summed E-state index contributed by atoms with van der Waals surface area (Å²) in [5.41, 5.74) is 0.989. The van der Waals surface area contributed by atoms with Crippen molar-refractivity contribution in [3.05, 3.63) is 47.4 Å². The molecule has 132 valence electrons. The van der Waals surface area contributed by atoms with Crippen molar-refractivity contribution in [3.8, 4) is 5.75 Å². The van der Waals surface area contributed by atoms with Crippen LogP contribution in [0.2, 0.25) is 0 Å². The first-order valence-corrected chi connectivity index (χ1v) is 8.48. The maximum Gasteiger partial charge on any atom is 0.254 e. The van der Waals surface area contributed by atoms with Gasteiger partial charge in [-0.2, -0.15) is 0 Å². The predicted octanol–water partition coefficient (Wildman–Crippen LogP) is 2.99. The molecule has 0 spiro atoms. The minimum Gasteiger partial charge on any atom is -0.497 e. The van der Waals surface area contributed by atoms with Gasteiger partial charge in [0.2, 0.25) is 0 Å². The minimum atomic E-state index is -0.516. The zero-order valence-corrected chi connectivity index (χ0v) is 15.2. The quantitative estimate of drug-likeness (QED) is 0.927. The number of anilines is 1. The van der Waals surface area contributed by atoms with Gasteiger partial charge in [0, 0.05) is 30.9 Å². The summed E-state index contributed by atoms with van der Waals surface area (Å²) in [4.78, 5) is 24.3. The van der Waals surface area contributed by atoms with Crippen LogP contribution in [0.4, 0.5) is 5.82 Å². The van der Waals surface area contributed by atoms with E-state index in [1.165, 1.54) is 0 Å². The fourth-order valence-electron chi connectivity index (χ4n) is 3.37. The third-order valence-corrected chi connectivity index (χ3v) is 4.79. The molecule has 1 saturated heterocycles. The molecule has 1 aliphatic rings. The van der Waals surface area contributed by atoms with Crippen LogP contribution >= 0.6 is 0 Å². The standard InChI is InChI=1S/C19H24N4O2/c1-13-11-16(20-3)22-18(21-13)19(2)9-6-10-23(19)17(24)14-7-5-8-15(12-14)25-4/h5,7-8,11-12H,6,9-10H2,1-4H3,(H,20,21,22)/t19-/m0/s1. The highest BCUT2D eigenvalue weighted by Crippen LogP contribution is 2.38. The van der Waals surface area contributed by atoms with Gasteiger partial charge in [-0.3, -0.25) is 4.79 Å². The largest absolute Gasteiger partial charge is 0.497 e. The van der Waals surface area contributed by atoms with Gasteiger partial charge in [0.1, 0.15) is 17.1 Å². The normalized spacial score (nSPS) is 19.8.